The summed E-state index contributed by atoms with van der Waals surface area (Å²) in [5.41, 5.74) is -0.0560. The van der Waals surface area contributed by atoms with E-state index in [1.807, 2.05) is 12.1 Å². The molecular formula is C14H16ClNOS. The first-order valence-corrected chi connectivity index (χ1v) is 7.45. The van der Waals surface area contributed by atoms with Gasteiger partial charge in [-0.2, -0.15) is 0 Å². The molecule has 1 aromatic carbocycles. The molecule has 0 bridgehead atoms. The van der Waals surface area contributed by atoms with Gasteiger partial charge in [-0.05, 0) is 25.3 Å². The van der Waals surface area contributed by atoms with Gasteiger partial charge in [0.1, 0.15) is 0 Å². The molecule has 0 atom stereocenters. The summed E-state index contributed by atoms with van der Waals surface area (Å²) in [4.78, 5) is 1.16. The summed E-state index contributed by atoms with van der Waals surface area (Å²) in [5.74, 6) is 0. The maximum Gasteiger partial charge on any atom is 0.0636 e. The Kier molecular flexibility index (Phi) is 3.32. The number of halogens is 1. The van der Waals surface area contributed by atoms with Crippen molar-refractivity contribution >= 4 is 33.0 Å². The largest absolute Gasteiger partial charge is 0.394 e. The third kappa shape index (κ3) is 2.05. The molecule has 3 rings (SSSR count). The van der Waals surface area contributed by atoms with Gasteiger partial charge in [-0.25, -0.2) is 0 Å². The molecule has 18 heavy (non-hydrogen) atoms. The van der Waals surface area contributed by atoms with Crippen LogP contribution in [-0.4, -0.2) is 17.3 Å². The molecule has 0 aliphatic heterocycles. The normalized spacial score (nSPS) is 17.9. The number of aliphatic hydroxyl groups excluding tert-OH is 1. The fraction of sp³-hybridized carbons (Fsp3) is 0.429. The third-order valence-electron chi connectivity index (χ3n) is 3.84. The quantitative estimate of drug-likeness (QED) is 0.898. The molecule has 0 unspecified atom stereocenters. The van der Waals surface area contributed by atoms with Gasteiger partial charge in [0.05, 0.1) is 11.6 Å². The number of rotatable bonds is 4. The molecule has 2 N–H and O–H groups in total. The monoisotopic (exact) mass is 281 g/mol. The first-order chi connectivity index (χ1) is 8.74. The van der Waals surface area contributed by atoms with Crippen LogP contribution in [0.2, 0.25) is 5.02 Å². The van der Waals surface area contributed by atoms with E-state index in [-0.39, 0.29) is 12.1 Å². The molecular weight excluding hydrogens is 266 g/mol. The minimum Gasteiger partial charge on any atom is -0.394 e. The molecule has 96 valence electrons. The van der Waals surface area contributed by atoms with Gasteiger partial charge in [0.15, 0.2) is 0 Å². The van der Waals surface area contributed by atoms with Crippen LogP contribution in [-0.2, 0) is 6.54 Å². The summed E-state index contributed by atoms with van der Waals surface area (Å²) in [5, 5.41) is 14.9. The highest BCUT2D eigenvalue weighted by atomic mass is 35.5. The Labute approximate surface area is 116 Å². The van der Waals surface area contributed by atoms with Crippen molar-refractivity contribution in [1.29, 1.82) is 0 Å². The number of benzene rings is 1. The van der Waals surface area contributed by atoms with Crippen LogP contribution in [0.3, 0.4) is 0 Å². The van der Waals surface area contributed by atoms with Crippen LogP contribution in [0, 0.1) is 0 Å². The van der Waals surface area contributed by atoms with E-state index < -0.39 is 0 Å². The number of hydrogen-bond donors (Lipinski definition) is 2. The highest BCUT2D eigenvalue weighted by Gasteiger charge is 2.35. The second-order valence-corrected chi connectivity index (χ2v) is 6.50. The van der Waals surface area contributed by atoms with Crippen molar-refractivity contribution in [1.82, 2.24) is 5.32 Å². The molecule has 2 aromatic rings. The zero-order valence-electron chi connectivity index (χ0n) is 10.1. The summed E-state index contributed by atoms with van der Waals surface area (Å²) in [6.07, 6.45) is 3.33. The standard InChI is InChI=1S/C14H16ClNOS/c15-13-10-4-1-2-5-11(10)18-12(13)8-16-14(9-17)6-3-7-14/h1-2,4-5,16-17H,3,6-9H2. The summed E-state index contributed by atoms with van der Waals surface area (Å²) in [7, 11) is 0. The van der Waals surface area contributed by atoms with E-state index in [1.165, 1.54) is 11.1 Å². The smallest absolute Gasteiger partial charge is 0.0636 e. The Bertz CT molecular complexity index is 556. The van der Waals surface area contributed by atoms with Gasteiger partial charge in [0.25, 0.3) is 0 Å². The van der Waals surface area contributed by atoms with Gasteiger partial charge in [-0.15, -0.1) is 11.3 Å². The molecule has 0 saturated heterocycles. The Morgan fingerprint density at radius 2 is 2.11 bits per heavy atom. The Hall–Kier alpha value is -0.610. The Morgan fingerprint density at radius 3 is 2.72 bits per heavy atom. The molecule has 1 aliphatic rings. The SMILES string of the molecule is OCC1(NCc2sc3ccccc3c2Cl)CCC1. The fourth-order valence-electron chi connectivity index (χ4n) is 2.44. The van der Waals surface area contributed by atoms with E-state index >= 15 is 0 Å². The first-order valence-electron chi connectivity index (χ1n) is 6.26. The van der Waals surface area contributed by atoms with Gasteiger partial charge < -0.3 is 10.4 Å². The van der Waals surface area contributed by atoms with Crippen molar-refractivity contribution in [3.8, 4) is 0 Å². The molecule has 1 heterocycles. The molecule has 0 amide bonds. The predicted molar refractivity (Wildman–Crippen MR) is 77.3 cm³/mol. The average Bonchev–Trinajstić information content (AvgIpc) is 2.67. The van der Waals surface area contributed by atoms with Crippen LogP contribution in [0.4, 0.5) is 0 Å². The maximum atomic E-state index is 9.43. The van der Waals surface area contributed by atoms with Crippen LogP contribution in [0.15, 0.2) is 24.3 Å². The minimum absolute atomic E-state index is 0.0560. The Balaban J connectivity index is 1.80. The van der Waals surface area contributed by atoms with Crippen molar-refractivity contribution in [2.45, 2.75) is 31.3 Å². The second-order valence-electron chi connectivity index (χ2n) is 4.98. The van der Waals surface area contributed by atoms with Gasteiger partial charge in [0, 0.05) is 27.0 Å². The van der Waals surface area contributed by atoms with E-state index in [4.69, 9.17) is 11.6 Å². The fourth-order valence-corrected chi connectivity index (χ4v) is 3.88. The molecule has 4 heteroatoms. The van der Waals surface area contributed by atoms with Crippen LogP contribution in [0.5, 0.6) is 0 Å². The predicted octanol–water partition coefficient (Wildman–Crippen LogP) is 3.56. The van der Waals surface area contributed by atoms with E-state index in [1.54, 1.807) is 11.3 Å². The van der Waals surface area contributed by atoms with Crippen molar-refractivity contribution in [2.75, 3.05) is 6.61 Å². The molecule has 1 fully saturated rings. The lowest BCUT2D eigenvalue weighted by molar-refractivity contribution is 0.0875. The van der Waals surface area contributed by atoms with Crippen molar-refractivity contribution < 1.29 is 5.11 Å². The lowest BCUT2D eigenvalue weighted by Gasteiger charge is -2.41. The summed E-state index contributed by atoms with van der Waals surface area (Å²) >= 11 is 8.13. The van der Waals surface area contributed by atoms with E-state index in [9.17, 15) is 5.11 Å². The van der Waals surface area contributed by atoms with Gasteiger partial charge >= 0.3 is 0 Å². The van der Waals surface area contributed by atoms with Crippen LogP contribution in [0.1, 0.15) is 24.1 Å². The second kappa shape index (κ2) is 4.82. The third-order valence-corrected chi connectivity index (χ3v) is 5.55. The summed E-state index contributed by atoms with van der Waals surface area (Å²) in [6.45, 7) is 0.967. The molecule has 0 radical (unpaired) electrons. The van der Waals surface area contributed by atoms with E-state index in [2.05, 4.69) is 17.4 Å². The number of hydrogen-bond acceptors (Lipinski definition) is 3. The van der Waals surface area contributed by atoms with Crippen LogP contribution >= 0.6 is 22.9 Å². The highest BCUT2D eigenvalue weighted by molar-refractivity contribution is 7.19. The topological polar surface area (TPSA) is 32.3 Å². The molecule has 0 spiro atoms. The van der Waals surface area contributed by atoms with Gasteiger partial charge in [0.2, 0.25) is 0 Å². The summed E-state index contributed by atoms with van der Waals surface area (Å²) < 4.78 is 1.23. The zero-order valence-corrected chi connectivity index (χ0v) is 11.7. The molecule has 1 aromatic heterocycles. The first kappa shape index (κ1) is 12.4. The van der Waals surface area contributed by atoms with Crippen molar-refractivity contribution in [3.05, 3.63) is 34.2 Å². The molecule has 2 nitrogen and oxygen atoms in total. The van der Waals surface area contributed by atoms with Gasteiger partial charge in [-0.1, -0.05) is 29.8 Å². The van der Waals surface area contributed by atoms with Crippen LogP contribution < -0.4 is 5.32 Å². The Morgan fingerprint density at radius 1 is 1.33 bits per heavy atom. The lowest BCUT2D eigenvalue weighted by Crippen LogP contribution is -2.53. The van der Waals surface area contributed by atoms with Gasteiger partial charge in [-0.3, -0.25) is 0 Å². The van der Waals surface area contributed by atoms with Crippen molar-refractivity contribution in [2.24, 2.45) is 0 Å². The maximum absolute atomic E-state index is 9.43. The zero-order chi connectivity index (χ0) is 12.6. The number of aliphatic hydroxyl groups is 1. The minimum atomic E-state index is -0.0560. The lowest BCUT2D eigenvalue weighted by atomic mass is 9.77. The highest BCUT2D eigenvalue weighted by Crippen LogP contribution is 2.37. The molecule has 1 aliphatic carbocycles. The van der Waals surface area contributed by atoms with E-state index in [0.29, 0.717) is 0 Å². The number of nitrogens with one attached hydrogen (secondary N) is 1. The number of fused-ring (bicyclic) bond motifs is 1. The van der Waals surface area contributed by atoms with E-state index in [0.717, 1.165) is 34.7 Å². The molecule has 1 saturated carbocycles. The number of thiophene rings is 1. The van der Waals surface area contributed by atoms with Crippen molar-refractivity contribution in [3.63, 3.8) is 0 Å². The van der Waals surface area contributed by atoms with Crippen LogP contribution in [0.25, 0.3) is 10.1 Å². The average molecular weight is 282 g/mol. The summed E-state index contributed by atoms with van der Waals surface area (Å²) in [6, 6.07) is 8.20.